The van der Waals surface area contributed by atoms with Gasteiger partial charge in [0.25, 0.3) is 0 Å². The predicted octanol–water partition coefficient (Wildman–Crippen LogP) is 3.66. The van der Waals surface area contributed by atoms with Crippen molar-refractivity contribution in [3.63, 3.8) is 0 Å². The van der Waals surface area contributed by atoms with Crippen LogP contribution in [0.3, 0.4) is 0 Å². The minimum absolute atomic E-state index is 0.118. The van der Waals surface area contributed by atoms with Crippen LogP contribution in [-0.2, 0) is 4.79 Å². The van der Waals surface area contributed by atoms with Gasteiger partial charge in [0.1, 0.15) is 11.9 Å². The minimum atomic E-state index is -0.422. The SMILES string of the molecule is COc1cc(C2CC2C(=O)Nc2ccccc2F)ccc1OC1CCN(C)C1. The van der Waals surface area contributed by atoms with E-state index in [0.717, 1.165) is 37.2 Å². The number of rotatable bonds is 6. The Bertz CT molecular complexity index is 873. The number of likely N-dealkylation sites (tertiary alicyclic amines) is 1. The molecule has 2 fully saturated rings. The fourth-order valence-electron chi connectivity index (χ4n) is 3.82. The van der Waals surface area contributed by atoms with Gasteiger partial charge in [-0.2, -0.15) is 0 Å². The average Bonchev–Trinajstić information content (AvgIpc) is 3.39. The van der Waals surface area contributed by atoms with Gasteiger partial charge in [-0.05, 0) is 55.6 Å². The van der Waals surface area contributed by atoms with E-state index in [1.807, 2.05) is 18.2 Å². The summed E-state index contributed by atoms with van der Waals surface area (Å²) < 4.78 is 25.4. The number of hydrogen-bond donors (Lipinski definition) is 1. The third-order valence-corrected chi connectivity index (χ3v) is 5.52. The molecule has 6 heteroatoms. The molecule has 3 unspecified atom stereocenters. The first-order valence-corrected chi connectivity index (χ1v) is 9.63. The number of likely N-dealkylation sites (N-methyl/N-ethyl adjacent to an activating group) is 1. The van der Waals surface area contributed by atoms with Gasteiger partial charge < -0.3 is 19.7 Å². The van der Waals surface area contributed by atoms with Gasteiger partial charge in [0.2, 0.25) is 5.91 Å². The summed E-state index contributed by atoms with van der Waals surface area (Å²) >= 11 is 0. The van der Waals surface area contributed by atoms with Crippen LogP contribution >= 0.6 is 0 Å². The van der Waals surface area contributed by atoms with Crippen molar-refractivity contribution in [1.82, 2.24) is 4.90 Å². The van der Waals surface area contributed by atoms with Crippen LogP contribution in [0.2, 0.25) is 0 Å². The normalized spacial score (nSPS) is 24.0. The highest BCUT2D eigenvalue weighted by molar-refractivity contribution is 5.95. The fourth-order valence-corrected chi connectivity index (χ4v) is 3.82. The van der Waals surface area contributed by atoms with Crippen LogP contribution in [0.1, 0.15) is 24.3 Å². The molecule has 2 aromatic rings. The molecule has 0 radical (unpaired) electrons. The quantitative estimate of drug-likeness (QED) is 0.826. The summed E-state index contributed by atoms with van der Waals surface area (Å²) in [4.78, 5) is 14.7. The Hall–Kier alpha value is -2.60. The lowest BCUT2D eigenvalue weighted by molar-refractivity contribution is -0.117. The zero-order valence-corrected chi connectivity index (χ0v) is 16.2. The third kappa shape index (κ3) is 3.97. The second-order valence-corrected chi connectivity index (χ2v) is 7.62. The monoisotopic (exact) mass is 384 g/mol. The van der Waals surface area contributed by atoms with Gasteiger partial charge >= 0.3 is 0 Å². The van der Waals surface area contributed by atoms with Gasteiger partial charge in [0, 0.05) is 19.0 Å². The number of carbonyl (C=O) groups is 1. The number of ether oxygens (including phenoxy) is 2. The third-order valence-electron chi connectivity index (χ3n) is 5.52. The average molecular weight is 384 g/mol. The number of methoxy groups -OCH3 is 1. The van der Waals surface area contributed by atoms with E-state index >= 15 is 0 Å². The lowest BCUT2D eigenvalue weighted by atomic mass is 10.1. The van der Waals surface area contributed by atoms with E-state index in [1.165, 1.54) is 6.07 Å². The molecule has 2 aliphatic rings. The van der Waals surface area contributed by atoms with Crippen LogP contribution in [-0.4, -0.2) is 44.2 Å². The number of carbonyl (C=O) groups excluding carboxylic acids is 1. The van der Waals surface area contributed by atoms with E-state index in [1.54, 1.807) is 25.3 Å². The molecule has 0 bridgehead atoms. The molecular formula is C22H25FN2O3. The standard InChI is InChI=1S/C22H25FN2O3/c1-25-10-9-15(13-25)28-20-8-7-14(11-21(20)27-2)16-12-17(16)22(26)24-19-6-4-3-5-18(19)23/h3-8,11,15-17H,9-10,12-13H2,1-2H3,(H,24,26). The molecule has 1 heterocycles. The highest BCUT2D eigenvalue weighted by atomic mass is 19.1. The Morgan fingerprint density at radius 3 is 2.75 bits per heavy atom. The summed E-state index contributed by atoms with van der Waals surface area (Å²) in [5, 5.41) is 2.69. The first-order chi connectivity index (χ1) is 13.5. The van der Waals surface area contributed by atoms with Crippen LogP contribution in [0.15, 0.2) is 42.5 Å². The molecule has 5 nitrogen and oxygen atoms in total. The van der Waals surface area contributed by atoms with E-state index in [2.05, 4.69) is 17.3 Å². The number of anilines is 1. The topological polar surface area (TPSA) is 50.8 Å². The van der Waals surface area contributed by atoms with Crippen molar-refractivity contribution >= 4 is 11.6 Å². The van der Waals surface area contributed by atoms with Crippen molar-refractivity contribution in [2.24, 2.45) is 5.92 Å². The largest absolute Gasteiger partial charge is 0.493 e. The Morgan fingerprint density at radius 1 is 1.21 bits per heavy atom. The molecule has 4 rings (SSSR count). The molecule has 2 aromatic carbocycles. The summed E-state index contributed by atoms with van der Waals surface area (Å²) in [6, 6.07) is 12.1. The maximum absolute atomic E-state index is 13.7. The van der Waals surface area contributed by atoms with E-state index in [0.29, 0.717) is 5.75 Å². The smallest absolute Gasteiger partial charge is 0.228 e. The van der Waals surface area contributed by atoms with E-state index in [-0.39, 0.29) is 29.5 Å². The fraction of sp³-hybridized carbons (Fsp3) is 0.409. The van der Waals surface area contributed by atoms with Crippen molar-refractivity contribution in [2.45, 2.75) is 24.9 Å². The maximum atomic E-state index is 13.7. The Balaban J connectivity index is 1.41. The van der Waals surface area contributed by atoms with E-state index in [4.69, 9.17) is 9.47 Å². The van der Waals surface area contributed by atoms with E-state index < -0.39 is 5.82 Å². The lowest BCUT2D eigenvalue weighted by Crippen LogP contribution is -2.21. The summed E-state index contributed by atoms with van der Waals surface area (Å²) in [5.41, 5.74) is 1.27. The van der Waals surface area contributed by atoms with Gasteiger partial charge in [-0.25, -0.2) is 4.39 Å². The van der Waals surface area contributed by atoms with Gasteiger partial charge in [-0.15, -0.1) is 0 Å². The van der Waals surface area contributed by atoms with Gasteiger partial charge in [0.05, 0.1) is 12.8 Å². The summed E-state index contributed by atoms with van der Waals surface area (Å²) in [6.07, 6.45) is 1.92. The zero-order valence-electron chi connectivity index (χ0n) is 16.2. The van der Waals surface area contributed by atoms with Crippen LogP contribution in [0.25, 0.3) is 0 Å². The molecule has 3 atom stereocenters. The van der Waals surface area contributed by atoms with Crippen molar-refractivity contribution in [1.29, 1.82) is 0 Å². The molecule has 0 aromatic heterocycles. The number of para-hydroxylation sites is 1. The predicted molar refractivity (Wildman–Crippen MR) is 105 cm³/mol. The van der Waals surface area contributed by atoms with Crippen LogP contribution in [0.5, 0.6) is 11.5 Å². The van der Waals surface area contributed by atoms with Crippen molar-refractivity contribution in [2.75, 3.05) is 32.6 Å². The van der Waals surface area contributed by atoms with Gasteiger partial charge in [0.15, 0.2) is 11.5 Å². The first kappa shape index (κ1) is 18.7. The molecule has 148 valence electrons. The number of halogens is 1. The summed E-state index contributed by atoms with van der Waals surface area (Å²) in [6.45, 7) is 1.94. The van der Waals surface area contributed by atoms with Crippen molar-refractivity contribution in [3.05, 3.63) is 53.8 Å². The number of benzene rings is 2. The Kier molecular flexibility index (Phi) is 5.22. The van der Waals surface area contributed by atoms with Gasteiger partial charge in [-0.3, -0.25) is 4.79 Å². The Morgan fingerprint density at radius 2 is 2.04 bits per heavy atom. The lowest BCUT2D eigenvalue weighted by Gasteiger charge is -2.17. The highest BCUT2D eigenvalue weighted by Crippen LogP contribution is 2.49. The van der Waals surface area contributed by atoms with Crippen LogP contribution in [0, 0.1) is 11.7 Å². The Labute approximate surface area is 164 Å². The molecule has 0 spiro atoms. The van der Waals surface area contributed by atoms with E-state index in [9.17, 15) is 9.18 Å². The molecule has 1 aliphatic carbocycles. The van der Waals surface area contributed by atoms with Crippen LogP contribution in [0.4, 0.5) is 10.1 Å². The number of amides is 1. The molecule has 1 saturated carbocycles. The molecule has 28 heavy (non-hydrogen) atoms. The second-order valence-electron chi connectivity index (χ2n) is 7.62. The van der Waals surface area contributed by atoms with Crippen LogP contribution < -0.4 is 14.8 Å². The molecule has 1 amide bonds. The second kappa shape index (κ2) is 7.80. The summed E-state index contributed by atoms with van der Waals surface area (Å²) in [5.74, 6) is 0.816. The molecule has 1 N–H and O–H groups in total. The molecular weight excluding hydrogens is 359 g/mol. The number of nitrogens with zero attached hydrogens (tertiary/aromatic N) is 1. The summed E-state index contributed by atoms with van der Waals surface area (Å²) in [7, 11) is 3.71. The maximum Gasteiger partial charge on any atom is 0.228 e. The molecule has 1 aliphatic heterocycles. The number of hydrogen-bond acceptors (Lipinski definition) is 4. The highest BCUT2D eigenvalue weighted by Gasteiger charge is 2.44. The van der Waals surface area contributed by atoms with Gasteiger partial charge in [-0.1, -0.05) is 18.2 Å². The zero-order chi connectivity index (χ0) is 19.7. The molecule has 1 saturated heterocycles. The van der Waals surface area contributed by atoms with Crippen molar-refractivity contribution in [3.8, 4) is 11.5 Å². The number of nitrogens with one attached hydrogen (secondary N) is 1. The van der Waals surface area contributed by atoms with Crippen molar-refractivity contribution < 1.29 is 18.7 Å². The minimum Gasteiger partial charge on any atom is -0.493 e. The first-order valence-electron chi connectivity index (χ1n) is 9.63.